The summed E-state index contributed by atoms with van der Waals surface area (Å²) in [6.45, 7) is 3.07. The number of carbonyl (C=O) groups is 2. The number of carbonyl (C=O) groups excluding carboxylic acids is 2. The van der Waals surface area contributed by atoms with Crippen LogP contribution in [0, 0.1) is 22.7 Å². The maximum absolute atomic E-state index is 12.7. The molecule has 1 aromatic carbocycles. The van der Waals surface area contributed by atoms with Gasteiger partial charge in [-0.15, -0.1) is 0 Å². The van der Waals surface area contributed by atoms with Gasteiger partial charge in [0.25, 0.3) is 0 Å². The molecule has 2 aliphatic heterocycles. The number of allylic oxidation sites excluding steroid dienone is 1. The Morgan fingerprint density at radius 2 is 2.07 bits per heavy atom. The first-order valence-electron chi connectivity index (χ1n) is 9.05. The van der Waals surface area contributed by atoms with Gasteiger partial charge < -0.3 is 19.7 Å². The highest BCUT2D eigenvalue weighted by molar-refractivity contribution is 6.01. The van der Waals surface area contributed by atoms with Crippen LogP contribution in [0.5, 0.6) is 5.75 Å². The monoisotopic (exact) mass is 380 g/mol. The Labute approximate surface area is 162 Å². The Morgan fingerprint density at radius 1 is 1.36 bits per heavy atom. The molecule has 1 spiro atoms. The minimum Gasteiger partial charge on any atom is -0.486 e. The van der Waals surface area contributed by atoms with Crippen LogP contribution < -0.4 is 10.1 Å². The Hall–Kier alpha value is -3.52. The van der Waals surface area contributed by atoms with Crippen molar-refractivity contribution in [3.8, 4) is 17.9 Å². The molecule has 0 atom stereocenters. The molecule has 2 aliphatic rings. The van der Waals surface area contributed by atoms with Crippen LogP contribution in [-0.2, 0) is 4.74 Å². The average Bonchev–Trinajstić information content (AvgIpc) is 2.70. The van der Waals surface area contributed by atoms with Gasteiger partial charge in [0.2, 0.25) is 0 Å². The molecular formula is C20H20N4O4. The highest BCUT2D eigenvalue weighted by atomic mass is 16.6. The molecule has 1 saturated heterocycles. The van der Waals surface area contributed by atoms with Gasteiger partial charge in [-0.25, -0.2) is 4.79 Å². The molecule has 8 nitrogen and oxygen atoms in total. The molecule has 1 aromatic rings. The Bertz CT molecular complexity index is 886. The first-order chi connectivity index (χ1) is 13.5. The number of anilines is 1. The highest BCUT2D eigenvalue weighted by Gasteiger charge is 2.43. The summed E-state index contributed by atoms with van der Waals surface area (Å²) in [5, 5.41) is 20.4. The van der Waals surface area contributed by atoms with Gasteiger partial charge >= 0.3 is 6.09 Å². The second kappa shape index (κ2) is 8.01. The number of nitriles is 2. The number of piperidine rings is 1. The lowest BCUT2D eigenvalue weighted by molar-refractivity contribution is -0.00857. The zero-order valence-corrected chi connectivity index (χ0v) is 15.5. The van der Waals surface area contributed by atoms with Gasteiger partial charge in [0.05, 0.1) is 18.6 Å². The lowest BCUT2D eigenvalue weighted by Gasteiger charge is -2.43. The fourth-order valence-corrected chi connectivity index (χ4v) is 3.42. The van der Waals surface area contributed by atoms with E-state index in [4.69, 9.17) is 20.0 Å². The van der Waals surface area contributed by atoms with Gasteiger partial charge in [0, 0.05) is 37.8 Å². The lowest BCUT2D eigenvalue weighted by atomic mass is 9.82. The maximum atomic E-state index is 12.7. The summed E-state index contributed by atoms with van der Waals surface area (Å²) in [4.78, 5) is 26.3. The van der Waals surface area contributed by atoms with Crippen LogP contribution in [0.1, 0.15) is 36.5 Å². The van der Waals surface area contributed by atoms with Crippen LogP contribution in [-0.4, -0.2) is 42.1 Å². The van der Waals surface area contributed by atoms with Crippen LogP contribution in [0.15, 0.2) is 30.0 Å². The van der Waals surface area contributed by atoms with E-state index in [2.05, 4.69) is 5.32 Å². The SMILES string of the molecule is CCOC(=O)N1CCC2(CC1)CC(=O)c1cc(NC=C(C#N)C#N)ccc1O2. The molecular weight excluding hydrogens is 360 g/mol. The number of nitrogens with zero attached hydrogens (tertiary/aromatic N) is 3. The first kappa shape index (κ1) is 19.2. The number of likely N-dealkylation sites (tertiary alicyclic amines) is 1. The van der Waals surface area contributed by atoms with E-state index < -0.39 is 5.60 Å². The van der Waals surface area contributed by atoms with E-state index in [0.29, 0.717) is 49.5 Å². The summed E-state index contributed by atoms with van der Waals surface area (Å²) in [5.74, 6) is 0.482. The minimum absolute atomic E-state index is 0.0285. The van der Waals surface area contributed by atoms with Crippen molar-refractivity contribution >= 4 is 17.6 Å². The van der Waals surface area contributed by atoms with E-state index in [0.717, 1.165) is 0 Å². The third-order valence-corrected chi connectivity index (χ3v) is 4.91. The van der Waals surface area contributed by atoms with Crippen molar-refractivity contribution in [3.63, 3.8) is 0 Å². The second-order valence-electron chi connectivity index (χ2n) is 6.71. The number of rotatable bonds is 3. The third kappa shape index (κ3) is 3.91. The van der Waals surface area contributed by atoms with Crippen molar-refractivity contribution in [1.29, 1.82) is 10.5 Å². The Morgan fingerprint density at radius 3 is 2.71 bits per heavy atom. The molecule has 2 heterocycles. The van der Waals surface area contributed by atoms with E-state index in [1.165, 1.54) is 6.20 Å². The van der Waals surface area contributed by atoms with Gasteiger partial charge in [-0.05, 0) is 25.1 Å². The van der Waals surface area contributed by atoms with Crippen LogP contribution >= 0.6 is 0 Å². The Kier molecular flexibility index (Phi) is 5.51. The highest BCUT2D eigenvalue weighted by Crippen LogP contribution is 2.40. The van der Waals surface area contributed by atoms with Crippen molar-refractivity contribution in [1.82, 2.24) is 4.90 Å². The van der Waals surface area contributed by atoms with Gasteiger partial charge in [0.15, 0.2) is 5.78 Å². The topological polar surface area (TPSA) is 115 Å². The molecule has 3 rings (SSSR count). The second-order valence-corrected chi connectivity index (χ2v) is 6.71. The van der Waals surface area contributed by atoms with E-state index in [-0.39, 0.29) is 23.9 Å². The summed E-state index contributed by atoms with van der Waals surface area (Å²) in [6.07, 6.45) is 2.33. The molecule has 0 aliphatic carbocycles. The van der Waals surface area contributed by atoms with Crippen molar-refractivity contribution < 1.29 is 19.1 Å². The van der Waals surface area contributed by atoms with Crippen LogP contribution in [0.25, 0.3) is 0 Å². The van der Waals surface area contributed by atoms with E-state index in [1.54, 1.807) is 42.2 Å². The fraction of sp³-hybridized carbons (Fsp3) is 0.400. The van der Waals surface area contributed by atoms with Crippen LogP contribution in [0.4, 0.5) is 10.5 Å². The molecule has 28 heavy (non-hydrogen) atoms. The predicted molar refractivity (Wildman–Crippen MR) is 99.5 cm³/mol. The van der Waals surface area contributed by atoms with Crippen molar-refractivity contribution in [2.45, 2.75) is 31.8 Å². The van der Waals surface area contributed by atoms with Gasteiger partial charge in [-0.3, -0.25) is 4.79 Å². The number of fused-ring (bicyclic) bond motifs is 1. The van der Waals surface area contributed by atoms with Crippen LogP contribution in [0.3, 0.4) is 0 Å². The average molecular weight is 380 g/mol. The third-order valence-electron chi connectivity index (χ3n) is 4.91. The van der Waals surface area contributed by atoms with Gasteiger partial charge in [-0.1, -0.05) is 0 Å². The summed E-state index contributed by atoms with van der Waals surface area (Å²) in [7, 11) is 0. The van der Waals surface area contributed by atoms with Gasteiger partial charge in [0.1, 0.15) is 29.1 Å². The molecule has 1 N–H and O–H groups in total. The number of hydrogen-bond acceptors (Lipinski definition) is 7. The van der Waals surface area contributed by atoms with Crippen LogP contribution in [0.2, 0.25) is 0 Å². The standard InChI is InChI=1S/C20H20N4O4/c1-2-27-19(26)24-7-5-20(6-8-24)10-17(25)16-9-15(3-4-18(16)28-20)23-13-14(11-21)12-22/h3-4,9,13,23H,2,5-8,10H2,1H3. The fourth-order valence-electron chi connectivity index (χ4n) is 3.42. The smallest absolute Gasteiger partial charge is 0.409 e. The summed E-state index contributed by atoms with van der Waals surface area (Å²) < 4.78 is 11.2. The van der Waals surface area contributed by atoms with Crippen molar-refractivity contribution in [3.05, 3.63) is 35.5 Å². The zero-order chi connectivity index (χ0) is 20.1. The molecule has 0 radical (unpaired) electrons. The number of benzene rings is 1. The molecule has 0 bridgehead atoms. The van der Waals surface area contributed by atoms with E-state index in [9.17, 15) is 9.59 Å². The minimum atomic E-state index is -0.600. The number of ketones is 1. The molecule has 0 saturated carbocycles. The van der Waals surface area contributed by atoms with Gasteiger partial charge in [-0.2, -0.15) is 10.5 Å². The molecule has 8 heteroatoms. The maximum Gasteiger partial charge on any atom is 0.409 e. The molecule has 144 valence electrons. The number of ether oxygens (including phenoxy) is 2. The summed E-state index contributed by atoms with van der Waals surface area (Å²) in [6, 6.07) is 8.61. The first-order valence-corrected chi connectivity index (χ1v) is 9.05. The van der Waals surface area contributed by atoms with E-state index >= 15 is 0 Å². The number of Topliss-reactive ketones (excluding diaryl/α,β-unsaturated/α-hetero) is 1. The van der Waals surface area contributed by atoms with Crippen molar-refractivity contribution in [2.75, 3.05) is 25.0 Å². The molecule has 0 unspecified atom stereocenters. The molecule has 0 aromatic heterocycles. The predicted octanol–water partition coefficient (Wildman–Crippen LogP) is 2.99. The van der Waals surface area contributed by atoms with E-state index in [1.807, 2.05) is 0 Å². The zero-order valence-electron chi connectivity index (χ0n) is 15.5. The quantitative estimate of drug-likeness (QED) is 0.801. The Balaban J connectivity index is 1.72. The summed E-state index contributed by atoms with van der Waals surface area (Å²) in [5.41, 5.74) is 0.392. The van der Waals surface area contributed by atoms with Crippen molar-refractivity contribution in [2.24, 2.45) is 0 Å². The number of hydrogen-bond donors (Lipinski definition) is 1. The molecule has 1 fully saturated rings. The normalized spacial score (nSPS) is 16.8. The largest absolute Gasteiger partial charge is 0.486 e. The summed E-state index contributed by atoms with van der Waals surface area (Å²) >= 11 is 0. The molecule has 1 amide bonds. The number of nitrogens with one attached hydrogen (secondary N) is 1. The lowest BCUT2D eigenvalue weighted by Crippen LogP contribution is -2.52. The number of amides is 1.